The second kappa shape index (κ2) is 6.99. The summed E-state index contributed by atoms with van der Waals surface area (Å²) < 4.78 is 28.7. The third-order valence-electron chi connectivity index (χ3n) is 4.09. The molecule has 2 atom stereocenters. The molecular formula is C15H22ClNO3S. The fourth-order valence-corrected chi connectivity index (χ4v) is 4.28. The molecule has 0 aliphatic heterocycles. The summed E-state index contributed by atoms with van der Waals surface area (Å²) in [6, 6.07) is 5.77. The number of nitrogens with one attached hydrogen (secondary N) is 1. The van der Waals surface area contributed by atoms with E-state index < -0.39 is 9.84 Å². The highest BCUT2D eigenvalue weighted by atomic mass is 35.5. The highest BCUT2D eigenvalue weighted by Gasteiger charge is 2.28. The third kappa shape index (κ3) is 4.34. The van der Waals surface area contributed by atoms with Crippen LogP contribution in [0.2, 0.25) is 5.02 Å². The van der Waals surface area contributed by atoms with Gasteiger partial charge in [-0.05, 0) is 31.4 Å². The third-order valence-corrected chi connectivity index (χ3v) is 6.09. The zero-order valence-electron chi connectivity index (χ0n) is 12.4. The van der Waals surface area contributed by atoms with E-state index in [1.54, 1.807) is 7.11 Å². The van der Waals surface area contributed by atoms with E-state index in [9.17, 15) is 8.42 Å². The quantitative estimate of drug-likeness (QED) is 0.901. The lowest BCUT2D eigenvalue weighted by Gasteiger charge is -2.29. The molecule has 6 heteroatoms. The van der Waals surface area contributed by atoms with Crippen molar-refractivity contribution in [1.29, 1.82) is 0 Å². The molecule has 1 aliphatic carbocycles. The van der Waals surface area contributed by atoms with Crippen LogP contribution in [0.4, 0.5) is 0 Å². The predicted molar refractivity (Wildman–Crippen MR) is 85.7 cm³/mol. The van der Waals surface area contributed by atoms with Crippen LogP contribution >= 0.6 is 11.6 Å². The Kier molecular flexibility index (Phi) is 5.52. The van der Waals surface area contributed by atoms with E-state index in [-0.39, 0.29) is 11.3 Å². The molecule has 21 heavy (non-hydrogen) atoms. The largest absolute Gasteiger partial charge is 0.496 e. The Morgan fingerprint density at radius 1 is 1.38 bits per heavy atom. The summed E-state index contributed by atoms with van der Waals surface area (Å²) in [5, 5.41) is 3.87. The number of ether oxygens (including phenoxy) is 1. The Hall–Kier alpha value is -0.780. The standard InChI is InChI=1S/C15H22ClNO3S/c1-20-15-8-4-7-14(16)13(15)10-17-11-5-3-6-12(9-11)21(2,18)19/h4,7-8,11-12,17H,3,5-6,9-10H2,1-2H3. The first-order chi connectivity index (χ1) is 9.91. The van der Waals surface area contributed by atoms with Gasteiger partial charge in [0.05, 0.1) is 12.4 Å². The monoisotopic (exact) mass is 331 g/mol. The molecule has 0 saturated heterocycles. The van der Waals surface area contributed by atoms with Crippen molar-refractivity contribution in [3.63, 3.8) is 0 Å². The Morgan fingerprint density at radius 2 is 2.14 bits per heavy atom. The average molecular weight is 332 g/mol. The molecule has 0 amide bonds. The first-order valence-corrected chi connectivity index (χ1v) is 9.48. The van der Waals surface area contributed by atoms with E-state index in [0.717, 1.165) is 30.6 Å². The van der Waals surface area contributed by atoms with Crippen molar-refractivity contribution < 1.29 is 13.2 Å². The molecule has 2 unspecified atom stereocenters. The molecule has 1 N–H and O–H groups in total. The summed E-state index contributed by atoms with van der Waals surface area (Å²) in [5.74, 6) is 0.755. The van der Waals surface area contributed by atoms with Crippen LogP contribution in [-0.4, -0.2) is 33.1 Å². The fraction of sp³-hybridized carbons (Fsp3) is 0.600. The van der Waals surface area contributed by atoms with Gasteiger partial charge in [0.25, 0.3) is 0 Å². The second-order valence-corrected chi connectivity index (χ2v) is 8.35. The summed E-state index contributed by atoms with van der Waals surface area (Å²) in [4.78, 5) is 0. The summed E-state index contributed by atoms with van der Waals surface area (Å²) >= 11 is 6.21. The van der Waals surface area contributed by atoms with Crippen LogP contribution in [-0.2, 0) is 16.4 Å². The lowest BCUT2D eigenvalue weighted by Crippen LogP contribution is -2.38. The minimum Gasteiger partial charge on any atom is -0.496 e. The van der Waals surface area contributed by atoms with Gasteiger partial charge >= 0.3 is 0 Å². The van der Waals surface area contributed by atoms with Crippen molar-refractivity contribution in [2.45, 2.75) is 43.5 Å². The van der Waals surface area contributed by atoms with Crippen molar-refractivity contribution >= 4 is 21.4 Å². The lowest BCUT2D eigenvalue weighted by atomic mass is 9.95. The molecule has 0 radical (unpaired) electrons. The van der Waals surface area contributed by atoms with Gasteiger partial charge in [-0.1, -0.05) is 24.1 Å². The molecule has 4 nitrogen and oxygen atoms in total. The number of benzene rings is 1. The zero-order valence-corrected chi connectivity index (χ0v) is 14.0. The first-order valence-electron chi connectivity index (χ1n) is 7.15. The zero-order chi connectivity index (χ0) is 15.5. The van der Waals surface area contributed by atoms with E-state index >= 15 is 0 Å². The molecule has 0 bridgehead atoms. The molecule has 0 aromatic heterocycles. The van der Waals surface area contributed by atoms with Crippen LogP contribution in [0, 0.1) is 0 Å². The molecule has 1 aromatic carbocycles. The second-order valence-electron chi connectivity index (χ2n) is 5.62. The van der Waals surface area contributed by atoms with Crippen LogP contribution in [0.1, 0.15) is 31.2 Å². The van der Waals surface area contributed by atoms with Crippen molar-refractivity contribution in [2.75, 3.05) is 13.4 Å². The van der Waals surface area contributed by atoms with Crippen molar-refractivity contribution in [3.05, 3.63) is 28.8 Å². The molecule has 1 aromatic rings. The molecular weight excluding hydrogens is 310 g/mol. The lowest BCUT2D eigenvalue weighted by molar-refractivity contribution is 0.364. The molecule has 0 spiro atoms. The van der Waals surface area contributed by atoms with Gasteiger partial charge in [-0.25, -0.2) is 8.42 Å². The minimum absolute atomic E-state index is 0.208. The van der Waals surface area contributed by atoms with Crippen molar-refractivity contribution in [3.8, 4) is 5.75 Å². The Bertz CT molecular complexity index is 589. The number of sulfone groups is 1. The Balaban J connectivity index is 2.00. The molecule has 118 valence electrons. The van der Waals surface area contributed by atoms with Gasteiger partial charge in [0.2, 0.25) is 0 Å². The van der Waals surface area contributed by atoms with Gasteiger partial charge in [-0.15, -0.1) is 0 Å². The minimum atomic E-state index is -2.95. The van der Waals surface area contributed by atoms with E-state index in [1.165, 1.54) is 6.26 Å². The topological polar surface area (TPSA) is 55.4 Å². The van der Waals surface area contributed by atoms with Gasteiger partial charge < -0.3 is 10.1 Å². The van der Waals surface area contributed by atoms with Crippen LogP contribution in [0.15, 0.2) is 18.2 Å². The summed E-state index contributed by atoms with van der Waals surface area (Å²) in [5.41, 5.74) is 0.920. The summed E-state index contributed by atoms with van der Waals surface area (Å²) in [7, 11) is -1.33. The van der Waals surface area contributed by atoms with Crippen LogP contribution in [0.3, 0.4) is 0 Å². The highest BCUT2D eigenvalue weighted by molar-refractivity contribution is 7.91. The summed E-state index contributed by atoms with van der Waals surface area (Å²) in [6.07, 6.45) is 4.71. The highest BCUT2D eigenvalue weighted by Crippen LogP contribution is 2.28. The van der Waals surface area contributed by atoms with Crippen molar-refractivity contribution in [1.82, 2.24) is 5.32 Å². The van der Waals surface area contributed by atoms with Crippen LogP contribution in [0.5, 0.6) is 5.75 Å². The molecule has 1 aliphatic rings. The van der Waals surface area contributed by atoms with Crippen LogP contribution in [0.25, 0.3) is 0 Å². The smallest absolute Gasteiger partial charge is 0.150 e. The maximum atomic E-state index is 11.7. The van der Waals surface area contributed by atoms with E-state index in [4.69, 9.17) is 16.3 Å². The number of methoxy groups -OCH3 is 1. The molecule has 0 heterocycles. The van der Waals surface area contributed by atoms with E-state index in [2.05, 4.69) is 5.32 Å². The fourth-order valence-electron chi connectivity index (χ4n) is 2.87. The van der Waals surface area contributed by atoms with Gasteiger partial charge in [-0.3, -0.25) is 0 Å². The maximum absolute atomic E-state index is 11.7. The van der Waals surface area contributed by atoms with Gasteiger partial charge in [0.1, 0.15) is 15.6 Å². The molecule has 2 rings (SSSR count). The van der Waals surface area contributed by atoms with E-state index in [0.29, 0.717) is 18.0 Å². The Labute approximate surface area is 131 Å². The molecule has 1 saturated carbocycles. The predicted octanol–water partition coefficient (Wildman–Crippen LogP) is 2.79. The van der Waals surface area contributed by atoms with Crippen LogP contribution < -0.4 is 10.1 Å². The average Bonchev–Trinajstić information content (AvgIpc) is 2.45. The molecule has 1 fully saturated rings. The number of hydrogen-bond acceptors (Lipinski definition) is 4. The number of rotatable bonds is 5. The van der Waals surface area contributed by atoms with Crippen molar-refractivity contribution in [2.24, 2.45) is 0 Å². The van der Waals surface area contributed by atoms with E-state index in [1.807, 2.05) is 18.2 Å². The maximum Gasteiger partial charge on any atom is 0.150 e. The Morgan fingerprint density at radius 3 is 2.81 bits per heavy atom. The van der Waals surface area contributed by atoms with Gasteiger partial charge in [0, 0.05) is 29.4 Å². The summed E-state index contributed by atoms with van der Waals surface area (Å²) in [6.45, 7) is 0.587. The number of hydrogen-bond donors (Lipinski definition) is 1. The van der Waals surface area contributed by atoms with Gasteiger partial charge in [-0.2, -0.15) is 0 Å². The first kappa shape index (κ1) is 16.6. The number of halogens is 1. The normalized spacial score (nSPS) is 23.0. The van der Waals surface area contributed by atoms with Gasteiger partial charge in [0.15, 0.2) is 0 Å². The SMILES string of the molecule is COc1cccc(Cl)c1CNC1CCCC(S(C)(=O)=O)C1.